The highest BCUT2D eigenvalue weighted by Gasteiger charge is 2.30. The van der Waals surface area contributed by atoms with Gasteiger partial charge < -0.3 is 10.2 Å². The Morgan fingerprint density at radius 3 is 2.23 bits per heavy atom. The minimum Gasteiger partial charge on any atom is -0.357 e. The van der Waals surface area contributed by atoms with E-state index in [1.165, 1.54) is 18.9 Å². The average molecular weight is 518 g/mol. The van der Waals surface area contributed by atoms with E-state index in [4.69, 9.17) is 0 Å². The zero-order chi connectivity index (χ0) is 23.3. The van der Waals surface area contributed by atoms with Crippen LogP contribution in [0.1, 0.15) is 12.5 Å². The molecule has 0 unspecified atom stereocenters. The molecule has 0 aliphatic rings. The number of amides is 2. The molecule has 2 aromatic carbocycles. The number of carbonyl (C=O) groups is 2. The van der Waals surface area contributed by atoms with Crippen molar-refractivity contribution in [2.45, 2.75) is 19.5 Å². The Balaban J connectivity index is 2.39. The normalized spacial score (nSPS) is 12.2. The third kappa shape index (κ3) is 6.47. The minimum absolute atomic E-state index is 0.0378. The second-order valence-electron chi connectivity index (χ2n) is 6.81. The maximum atomic E-state index is 13.7. The summed E-state index contributed by atoms with van der Waals surface area (Å²) in [6, 6.07) is 8.68. The molecule has 1 N–H and O–H groups in total. The van der Waals surface area contributed by atoms with Crippen molar-refractivity contribution in [1.82, 2.24) is 10.2 Å². The zero-order valence-corrected chi connectivity index (χ0v) is 19.5. The van der Waals surface area contributed by atoms with Crippen molar-refractivity contribution >= 4 is 43.5 Å². The van der Waals surface area contributed by atoms with Crippen molar-refractivity contribution in [3.8, 4) is 0 Å². The number of sulfonamides is 1. The lowest BCUT2D eigenvalue weighted by Gasteiger charge is -2.31. The molecule has 2 rings (SSSR count). The molecule has 2 amide bonds. The number of halogens is 3. The molecule has 2 aromatic rings. The molecule has 168 valence electrons. The van der Waals surface area contributed by atoms with Crippen molar-refractivity contribution in [3.63, 3.8) is 0 Å². The van der Waals surface area contributed by atoms with Crippen LogP contribution >= 0.6 is 15.9 Å². The molecule has 0 aliphatic heterocycles. The van der Waals surface area contributed by atoms with Crippen molar-refractivity contribution in [1.29, 1.82) is 0 Å². The highest BCUT2D eigenvalue weighted by atomic mass is 79.9. The smallest absolute Gasteiger partial charge is 0.244 e. The number of likely N-dealkylation sites (N-methyl/N-ethyl adjacent to an activating group) is 1. The largest absolute Gasteiger partial charge is 0.357 e. The molecule has 11 heteroatoms. The van der Waals surface area contributed by atoms with Gasteiger partial charge in [-0.1, -0.05) is 28.1 Å². The van der Waals surface area contributed by atoms with Gasteiger partial charge in [0.25, 0.3) is 0 Å². The Hall–Kier alpha value is -2.53. The van der Waals surface area contributed by atoms with Crippen molar-refractivity contribution < 1.29 is 26.8 Å². The molecule has 0 spiro atoms. The molecule has 31 heavy (non-hydrogen) atoms. The summed E-state index contributed by atoms with van der Waals surface area (Å²) in [6.07, 6.45) is 0.850. The minimum atomic E-state index is -4.02. The van der Waals surface area contributed by atoms with E-state index in [1.807, 2.05) is 0 Å². The summed E-state index contributed by atoms with van der Waals surface area (Å²) in [5, 5.41) is 2.46. The second kappa shape index (κ2) is 10.2. The molecule has 1 atom stereocenters. The number of anilines is 1. The SMILES string of the molecule is CNC(=O)[C@H](C)N(Cc1ccc(Br)cc1)C(=O)CN(c1ccc(F)c(F)c1)S(C)(=O)=O. The number of nitrogens with zero attached hydrogens (tertiary/aromatic N) is 2. The van der Waals surface area contributed by atoms with E-state index >= 15 is 0 Å². The number of hydrogen-bond donors (Lipinski definition) is 1. The van der Waals surface area contributed by atoms with E-state index in [-0.39, 0.29) is 12.2 Å². The van der Waals surface area contributed by atoms with Gasteiger partial charge in [0.1, 0.15) is 12.6 Å². The van der Waals surface area contributed by atoms with Gasteiger partial charge in [-0.2, -0.15) is 0 Å². The lowest BCUT2D eigenvalue weighted by Crippen LogP contribution is -2.50. The first-order valence-corrected chi connectivity index (χ1v) is 11.8. The third-order valence-electron chi connectivity index (χ3n) is 4.55. The van der Waals surface area contributed by atoms with Crippen LogP contribution in [0.3, 0.4) is 0 Å². The fourth-order valence-electron chi connectivity index (χ4n) is 2.83. The molecule has 0 aromatic heterocycles. The third-order valence-corrected chi connectivity index (χ3v) is 6.22. The van der Waals surface area contributed by atoms with Crippen LogP contribution in [0.5, 0.6) is 0 Å². The first-order valence-electron chi connectivity index (χ1n) is 9.12. The van der Waals surface area contributed by atoms with Gasteiger partial charge in [-0.15, -0.1) is 0 Å². The number of rotatable bonds is 8. The molecule has 0 saturated heterocycles. The monoisotopic (exact) mass is 517 g/mol. The summed E-state index contributed by atoms with van der Waals surface area (Å²) in [5.41, 5.74) is 0.511. The van der Waals surface area contributed by atoms with Gasteiger partial charge in [0.05, 0.1) is 11.9 Å². The van der Waals surface area contributed by atoms with E-state index < -0.39 is 46.1 Å². The fourth-order valence-corrected chi connectivity index (χ4v) is 3.94. The molecular formula is C20H22BrF2N3O4S. The van der Waals surface area contributed by atoms with E-state index in [0.717, 1.165) is 22.9 Å². The number of nitrogens with one attached hydrogen (secondary N) is 1. The molecule has 0 saturated carbocycles. The summed E-state index contributed by atoms with van der Waals surface area (Å²) in [4.78, 5) is 26.5. The van der Waals surface area contributed by atoms with Gasteiger partial charge in [0.2, 0.25) is 21.8 Å². The van der Waals surface area contributed by atoms with Crippen LogP contribution in [-0.4, -0.2) is 51.0 Å². The quantitative estimate of drug-likeness (QED) is 0.583. The lowest BCUT2D eigenvalue weighted by atomic mass is 10.1. The van der Waals surface area contributed by atoms with Crippen molar-refractivity contribution in [2.75, 3.05) is 24.2 Å². The van der Waals surface area contributed by atoms with Gasteiger partial charge in [0, 0.05) is 24.1 Å². The summed E-state index contributed by atoms with van der Waals surface area (Å²) < 4.78 is 53.1. The van der Waals surface area contributed by atoms with Gasteiger partial charge in [-0.3, -0.25) is 13.9 Å². The van der Waals surface area contributed by atoms with Crippen LogP contribution in [0.25, 0.3) is 0 Å². The van der Waals surface area contributed by atoms with Gasteiger partial charge in [-0.05, 0) is 36.8 Å². The van der Waals surface area contributed by atoms with Gasteiger partial charge in [-0.25, -0.2) is 17.2 Å². The summed E-state index contributed by atoms with van der Waals surface area (Å²) in [5.74, 6) is -3.52. The van der Waals surface area contributed by atoms with Crippen LogP contribution in [0.2, 0.25) is 0 Å². The Bertz CT molecular complexity index is 1060. The predicted octanol–water partition coefficient (Wildman–Crippen LogP) is 2.66. The molecule has 0 heterocycles. The van der Waals surface area contributed by atoms with Gasteiger partial charge >= 0.3 is 0 Å². The molecule has 7 nitrogen and oxygen atoms in total. The van der Waals surface area contributed by atoms with Gasteiger partial charge in [0.15, 0.2) is 11.6 Å². The van der Waals surface area contributed by atoms with Crippen molar-refractivity contribution in [2.24, 2.45) is 0 Å². The van der Waals surface area contributed by atoms with E-state index in [2.05, 4.69) is 21.2 Å². The number of hydrogen-bond acceptors (Lipinski definition) is 4. The first-order chi connectivity index (χ1) is 14.4. The molecule has 0 radical (unpaired) electrons. The molecule has 0 bridgehead atoms. The van der Waals surface area contributed by atoms with Crippen LogP contribution in [0.15, 0.2) is 46.9 Å². The Morgan fingerprint density at radius 2 is 1.71 bits per heavy atom. The summed E-state index contributed by atoms with van der Waals surface area (Å²) >= 11 is 3.32. The van der Waals surface area contributed by atoms with Crippen molar-refractivity contribution in [3.05, 3.63) is 64.1 Å². The fraction of sp³-hybridized carbons (Fsp3) is 0.300. The topological polar surface area (TPSA) is 86.8 Å². The summed E-state index contributed by atoms with van der Waals surface area (Å²) in [7, 11) is -2.59. The molecule has 0 aliphatic carbocycles. The maximum absolute atomic E-state index is 13.7. The van der Waals surface area contributed by atoms with Crippen LogP contribution in [0.4, 0.5) is 14.5 Å². The zero-order valence-electron chi connectivity index (χ0n) is 17.1. The number of benzene rings is 2. The van der Waals surface area contributed by atoms with E-state index in [1.54, 1.807) is 24.3 Å². The van der Waals surface area contributed by atoms with E-state index in [0.29, 0.717) is 15.9 Å². The van der Waals surface area contributed by atoms with Crippen LogP contribution in [0, 0.1) is 11.6 Å². The standard InChI is InChI=1S/C20H22BrF2N3O4S/c1-13(20(28)24-2)25(11-14-4-6-15(21)7-5-14)19(27)12-26(31(3,29)30)16-8-9-17(22)18(23)10-16/h4-10,13H,11-12H2,1-3H3,(H,24,28)/t13-/m0/s1. The predicted molar refractivity (Wildman–Crippen MR) is 117 cm³/mol. The van der Waals surface area contributed by atoms with Crippen LogP contribution < -0.4 is 9.62 Å². The molecular weight excluding hydrogens is 496 g/mol. The Morgan fingerprint density at radius 1 is 1.10 bits per heavy atom. The highest BCUT2D eigenvalue weighted by molar-refractivity contribution is 9.10. The number of carbonyl (C=O) groups excluding carboxylic acids is 2. The first kappa shape index (κ1) is 24.7. The maximum Gasteiger partial charge on any atom is 0.244 e. The summed E-state index contributed by atoms with van der Waals surface area (Å²) in [6.45, 7) is 0.857. The Labute approximate surface area is 188 Å². The van der Waals surface area contributed by atoms with Crippen LogP contribution in [-0.2, 0) is 26.2 Å². The molecule has 0 fully saturated rings. The average Bonchev–Trinajstić information content (AvgIpc) is 2.71. The lowest BCUT2D eigenvalue weighted by molar-refractivity contribution is -0.139. The highest BCUT2D eigenvalue weighted by Crippen LogP contribution is 2.22. The Kier molecular flexibility index (Phi) is 8.13. The van der Waals surface area contributed by atoms with E-state index in [9.17, 15) is 26.8 Å². The second-order valence-corrected chi connectivity index (χ2v) is 9.63.